The highest BCUT2D eigenvalue weighted by atomic mass is 127. The molecule has 0 bridgehead atoms. The molecular formula is C12H12INO2. The molecule has 0 spiro atoms. The summed E-state index contributed by atoms with van der Waals surface area (Å²) in [6.07, 6.45) is 1.46. The van der Waals surface area contributed by atoms with Gasteiger partial charge in [-0.25, -0.2) is 0 Å². The minimum atomic E-state index is 0.0200. The standard InChI is InChI=1S/C12H12INO2/c13-10-5-3-9(4-6-10)11(15)8-14-7-1-2-12(14)16/h3-6H,1-2,7-8H2. The van der Waals surface area contributed by atoms with E-state index in [1.54, 1.807) is 4.90 Å². The molecule has 0 unspecified atom stereocenters. The lowest BCUT2D eigenvalue weighted by Crippen LogP contribution is -2.30. The molecule has 1 amide bonds. The van der Waals surface area contributed by atoms with Gasteiger partial charge in [0.2, 0.25) is 5.91 Å². The van der Waals surface area contributed by atoms with E-state index in [-0.39, 0.29) is 18.2 Å². The van der Waals surface area contributed by atoms with Gasteiger partial charge >= 0.3 is 0 Å². The maximum atomic E-state index is 11.9. The molecular weight excluding hydrogens is 317 g/mol. The Labute approximate surface area is 108 Å². The normalized spacial score (nSPS) is 15.6. The third-order valence-corrected chi connectivity index (χ3v) is 3.39. The van der Waals surface area contributed by atoms with Gasteiger partial charge in [-0.1, -0.05) is 12.1 Å². The van der Waals surface area contributed by atoms with Crippen molar-refractivity contribution >= 4 is 34.3 Å². The lowest BCUT2D eigenvalue weighted by Gasteiger charge is -2.14. The van der Waals surface area contributed by atoms with Crippen LogP contribution in [0, 0.1) is 3.57 Å². The Balaban J connectivity index is 2.02. The number of ketones is 1. The van der Waals surface area contributed by atoms with Crippen molar-refractivity contribution in [3.05, 3.63) is 33.4 Å². The number of benzene rings is 1. The van der Waals surface area contributed by atoms with Gasteiger partial charge in [0.25, 0.3) is 0 Å². The van der Waals surface area contributed by atoms with Crippen molar-refractivity contribution in [2.45, 2.75) is 12.8 Å². The molecule has 1 aromatic rings. The molecule has 1 fully saturated rings. The van der Waals surface area contributed by atoms with E-state index in [0.29, 0.717) is 12.0 Å². The van der Waals surface area contributed by atoms with E-state index in [1.165, 1.54) is 0 Å². The summed E-state index contributed by atoms with van der Waals surface area (Å²) < 4.78 is 1.10. The van der Waals surface area contributed by atoms with Crippen LogP contribution in [0.4, 0.5) is 0 Å². The summed E-state index contributed by atoms with van der Waals surface area (Å²) in [5.74, 6) is 0.116. The van der Waals surface area contributed by atoms with Crippen LogP contribution < -0.4 is 0 Å². The van der Waals surface area contributed by atoms with Gasteiger partial charge in [-0.15, -0.1) is 0 Å². The number of hydrogen-bond donors (Lipinski definition) is 0. The van der Waals surface area contributed by atoms with Crippen molar-refractivity contribution in [3.63, 3.8) is 0 Å². The number of halogens is 1. The van der Waals surface area contributed by atoms with Crippen LogP contribution in [0.15, 0.2) is 24.3 Å². The van der Waals surface area contributed by atoms with Crippen molar-refractivity contribution in [1.29, 1.82) is 0 Å². The fourth-order valence-electron chi connectivity index (χ4n) is 1.77. The highest BCUT2D eigenvalue weighted by Crippen LogP contribution is 2.12. The maximum absolute atomic E-state index is 11.9. The number of likely N-dealkylation sites (tertiary alicyclic amines) is 1. The first-order chi connectivity index (χ1) is 7.66. The van der Waals surface area contributed by atoms with Gasteiger partial charge in [0.05, 0.1) is 6.54 Å². The van der Waals surface area contributed by atoms with Gasteiger partial charge < -0.3 is 4.90 Å². The molecule has 1 heterocycles. The van der Waals surface area contributed by atoms with Crippen LogP contribution >= 0.6 is 22.6 Å². The van der Waals surface area contributed by atoms with Gasteiger partial charge in [-0.2, -0.15) is 0 Å². The monoisotopic (exact) mass is 329 g/mol. The fourth-order valence-corrected chi connectivity index (χ4v) is 2.13. The van der Waals surface area contributed by atoms with E-state index in [2.05, 4.69) is 22.6 Å². The van der Waals surface area contributed by atoms with Crippen LogP contribution in [0.1, 0.15) is 23.2 Å². The largest absolute Gasteiger partial charge is 0.335 e. The Morgan fingerprint density at radius 2 is 2.00 bits per heavy atom. The van der Waals surface area contributed by atoms with Crippen molar-refractivity contribution < 1.29 is 9.59 Å². The Hall–Kier alpha value is -0.910. The Kier molecular flexibility index (Phi) is 3.58. The van der Waals surface area contributed by atoms with Crippen molar-refractivity contribution in [2.24, 2.45) is 0 Å². The average Bonchev–Trinajstić information content (AvgIpc) is 2.65. The van der Waals surface area contributed by atoms with Gasteiger partial charge in [0, 0.05) is 22.1 Å². The van der Waals surface area contributed by atoms with E-state index in [1.807, 2.05) is 24.3 Å². The number of hydrogen-bond acceptors (Lipinski definition) is 2. The molecule has 2 rings (SSSR count). The number of Topliss-reactive ketones (excluding diaryl/α,β-unsaturated/α-hetero) is 1. The SMILES string of the molecule is O=C(CN1CCCC1=O)c1ccc(I)cc1. The zero-order valence-electron chi connectivity index (χ0n) is 8.78. The number of rotatable bonds is 3. The van der Waals surface area contributed by atoms with Crippen LogP contribution in [0.25, 0.3) is 0 Å². The second-order valence-corrected chi connectivity index (χ2v) is 5.09. The molecule has 0 radical (unpaired) electrons. The average molecular weight is 329 g/mol. The van der Waals surface area contributed by atoms with Crippen molar-refractivity contribution in [2.75, 3.05) is 13.1 Å². The first-order valence-corrected chi connectivity index (χ1v) is 6.31. The minimum Gasteiger partial charge on any atom is -0.335 e. The van der Waals surface area contributed by atoms with Crippen LogP contribution in [0.2, 0.25) is 0 Å². The zero-order chi connectivity index (χ0) is 11.5. The Morgan fingerprint density at radius 1 is 1.31 bits per heavy atom. The predicted molar refractivity (Wildman–Crippen MR) is 69.3 cm³/mol. The predicted octanol–water partition coefficient (Wildman–Crippen LogP) is 2.10. The Morgan fingerprint density at radius 3 is 2.56 bits per heavy atom. The van der Waals surface area contributed by atoms with E-state index < -0.39 is 0 Å². The maximum Gasteiger partial charge on any atom is 0.223 e. The van der Waals surface area contributed by atoms with Gasteiger partial charge in [-0.05, 0) is 41.1 Å². The molecule has 0 aliphatic carbocycles. The second kappa shape index (κ2) is 4.95. The summed E-state index contributed by atoms with van der Waals surface area (Å²) in [6.45, 7) is 0.939. The molecule has 3 nitrogen and oxygen atoms in total. The summed E-state index contributed by atoms with van der Waals surface area (Å²) in [7, 11) is 0. The third-order valence-electron chi connectivity index (χ3n) is 2.67. The lowest BCUT2D eigenvalue weighted by atomic mass is 10.1. The molecule has 84 valence electrons. The fraction of sp³-hybridized carbons (Fsp3) is 0.333. The summed E-state index contributed by atoms with van der Waals surface area (Å²) >= 11 is 2.20. The van der Waals surface area contributed by atoms with E-state index in [4.69, 9.17) is 0 Å². The van der Waals surface area contributed by atoms with E-state index in [9.17, 15) is 9.59 Å². The van der Waals surface area contributed by atoms with E-state index >= 15 is 0 Å². The first-order valence-electron chi connectivity index (χ1n) is 5.23. The lowest BCUT2D eigenvalue weighted by molar-refractivity contribution is -0.127. The first kappa shape index (κ1) is 11.6. The van der Waals surface area contributed by atoms with Crippen LogP contribution in [-0.4, -0.2) is 29.7 Å². The van der Waals surface area contributed by atoms with Crippen LogP contribution in [0.3, 0.4) is 0 Å². The summed E-state index contributed by atoms with van der Waals surface area (Å²) in [6, 6.07) is 7.43. The molecule has 1 aliphatic rings. The van der Waals surface area contributed by atoms with Crippen molar-refractivity contribution in [3.8, 4) is 0 Å². The molecule has 0 aromatic heterocycles. The topological polar surface area (TPSA) is 37.4 Å². The summed E-state index contributed by atoms with van der Waals surface area (Å²) in [4.78, 5) is 24.9. The molecule has 0 atom stereocenters. The van der Waals surface area contributed by atoms with Crippen LogP contribution in [-0.2, 0) is 4.79 Å². The Bertz CT molecular complexity index is 414. The van der Waals surface area contributed by atoms with Gasteiger partial charge in [0.15, 0.2) is 5.78 Å². The number of carbonyl (C=O) groups excluding carboxylic acids is 2. The smallest absolute Gasteiger partial charge is 0.223 e. The molecule has 1 aromatic carbocycles. The highest BCUT2D eigenvalue weighted by molar-refractivity contribution is 14.1. The number of nitrogens with zero attached hydrogens (tertiary/aromatic N) is 1. The van der Waals surface area contributed by atoms with Crippen molar-refractivity contribution in [1.82, 2.24) is 4.90 Å². The summed E-state index contributed by atoms with van der Waals surface area (Å²) in [5.41, 5.74) is 0.681. The van der Waals surface area contributed by atoms with Gasteiger partial charge in [0.1, 0.15) is 0 Å². The number of amides is 1. The highest BCUT2D eigenvalue weighted by Gasteiger charge is 2.22. The molecule has 4 heteroatoms. The molecule has 1 aliphatic heterocycles. The quantitative estimate of drug-likeness (QED) is 0.629. The minimum absolute atomic E-state index is 0.0200. The van der Waals surface area contributed by atoms with Crippen LogP contribution in [0.5, 0.6) is 0 Å². The van der Waals surface area contributed by atoms with Gasteiger partial charge in [-0.3, -0.25) is 9.59 Å². The molecule has 0 saturated carbocycles. The molecule has 1 saturated heterocycles. The van der Waals surface area contributed by atoms with E-state index in [0.717, 1.165) is 16.5 Å². The molecule has 0 N–H and O–H groups in total. The summed E-state index contributed by atoms with van der Waals surface area (Å²) in [5, 5.41) is 0. The zero-order valence-corrected chi connectivity index (χ0v) is 10.9. The third kappa shape index (κ3) is 2.61. The molecule has 16 heavy (non-hydrogen) atoms. The number of carbonyl (C=O) groups is 2. The second-order valence-electron chi connectivity index (χ2n) is 3.85.